The van der Waals surface area contributed by atoms with Crippen LogP contribution in [0, 0.1) is 0 Å². The third kappa shape index (κ3) is 2.51. The van der Waals surface area contributed by atoms with Gasteiger partial charge in [-0.2, -0.15) is 0 Å². The molecular formula is C7H8N2O3S. The molecule has 0 aliphatic carbocycles. The lowest BCUT2D eigenvalue weighted by Crippen LogP contribution is -2.10. The van der Waals surface area contributed by atoms with Gasteiger partial charge in [-0.05, 0) is 0 Å². The molecule has 6 heteroatoms. The number of hydrogen-bond donors (Lipinski definition) is 1. The second-order valence-electron chi connectivity index (χ2n) is 2.12. The Bertz CT molecular complexity index is 310. The number of hydrogen-bond acceptors (Lipinski definition) is 5. The van der Waals surface area contributed by atoms with E-state index in [4.69, 9.17) is 0 Å². The summed E-state index contributed by atoms with van der Waals surface area (Å²) in [6.07, 6.45) is 0.583. The zero-order chi connectivity index (χ0) is 9.68. The standard InChI is InChI=1S/C7H8N2O3S/c1-12-7(11)5-3-13-6(9-5)2-8-4-10/h3-4H,2H2,1H3,(H,8,10). The number of amides is 1. The molecule has 0 fully saturated rings. The van der Waals surface area contributed by atoms with Crippen molar-refractivity contribution in [3.05, 3.63) is 16.1 Å². The van der Waals surface area contributed by atoms with E-state index in [9.17, 15) is 9.59 Å². The van der Waals surface area contributed by atoms with E-state index in [0.717, 1.165) is 0 Å². The number of ether oxygens (including phenoxy) is 1. The molecule has 0 atom stereocenters. The summed E-state index contributed by atoms with van der Waals surface area (Å²) in [6, 6.07) is 0. The maximum Gasteiger partial charge on any atom is 0.357 e. The normalized spacial score (nSPS) is 9.31. The smallest absolute Gasteiger partial charge is 0.357 e. The topological polar surface area (TPSA) is 68.3 Å². The van der Waals surface area contributed by atoms with E-state index in [2.05, 4.69) is 15.0 Å². The number of esters is 1. The van der Waals surface area contributed by atoms with E-state index in [0.29, 0.717) is 18.0 Å². The number of carbonyl (C=O) groups excluding carboxylic acids is 2. The van der Waals surface area contributed by atoms with Crippen molar-refractivity contribution in [3.8, 4) is 0 Å². The third-order valence-corrected chi connectivity index (χ3v) is 2.13. The lowest BCUT2D eigenvalue weighted by molar-refractivity contribution is -0.109. The summed E-state index contributed by atoms with van der Waals surface area (Å²) in [4.78, 5) is 24.8. The highest BCUT2D eigenvalue weighted by atomic mass is 32.1. The minimum atomic E-state index is -0.464. The monoisotopic (exact) mass is 200 g/mol. The van der Waals surface area contributed by atoms with Crippen LogP contribution in [0.4, 0.5) is 0 Å². The molecule has 0 aliphatic heterocycles. The first-order chi connectivity index (χ1) is 6.27. The Kier molecular flexibility index (Phi) is 3.39. The van der Waals surface area contributed by atoms with E-state index in [1.807, 2.05) is 0 Å². The van der Waals surface area contributed by atoms with E-state index in [-0.39, 0.29) is 5.69 Å². The summed E-state index contributed by atoms with van der Waals surface area (Å²) in [5.41, 5.74) is 0.273. The van der Waals surface area contributed by atoms with Gasteiger partial charge in [-0.1, -0.05) is 0 Å². The molecule has 0 saturated heterocycles. The quantitative estimate of drug-likeness (QED) is 0.556. The van der Waals surface area contributed by atoms with Crippen LogP contribution in [0.1, 0.15) is 15.5 Å². The van der Waals surface area contributed by atoms with Crippen LogP contribution in [-0.2, 0) is 16.1 Å². The van der Waals surface area contributed by atoms with Crippen LogP contribution >= 0.6 is 11.3 Å². The molecule has 1 aromatic heterocycles. The zero-order valence-corrected chi connectivity index (χ0v) is 7.76. The molecule has 0 aromatic carbocycles. The van der Waals surface area contributed by atoms with Crippen molar-refractivity contribution in [3.63, 3.8) is 0 Å². The summed E-state index contributed by atoms with van der Waals surface area (Å²) in [6.45, 7) is 0.338. The molecule has 13 heavy (non-hydrogen) atoms. The van der Waals surface area contributed by atoms with Crippen LogP contribution in [0.25, 0.3) is 0 Å². The van der Waals surface area contributed by atoms with Crippen LogP contribution in [0.5, 0.6) is 0 Å². The average Bonchev–Trinajstić information content (AvgIpc) is 2.62. The summed E-state index contributed by atoms with van der Waals surface area (Å²) in [5, 5.41) is 4.71. The fourth-order valence-corrected chi connectivity index (χ4v) is 1.43. The molecule has 0 radical (unpaired) electrons. The minimum absolute atomic E-state index is 0.273. The van der Waals surface area contributed by atoms with Crippen LogP contribution in [-0.4, -0.2) is 24.5 Å². The van der Waals surface area contributed by atoms with Gasteiger partial charge in [0.1, 0.15) is 5.01 Å². The first-order valence-electron chi connectivity index (χ1n) is 3.47. The van der Waals surface area contributed by atoms with Gasteiger partial charge in [0.25, 0.3) is 0 Å². The van der Waals surface area contributed by atoms with Gasteiger partial charge in [-0.3, -0.25) is 4.79 Å². The lowest BCUT2D eigenvalue weighted by Gasteiger charge is -1.92. The lowest BCUT2D eigenvalue weighted by atomic mass is 10.5. The second kappa shape index (κ2) is 4.56. The fraction of sp³-hybridized carbons (Fsp3) is 0.286. The Morgan fingerprint density at radius 3 is 3.23 bits per heavy atom. The summed E-state index contributed by atoms with van der Waals surface area (Å²) in [7, 11) is 1.30. The highest BCUT2D eigenvalue weighted by Gasteiger charge is 2.09. The van der Waals surface area contributed by atoms with Crippen LogP contribution in [0.3, 0.4) is 0 Å². The van der Waals surface area contributed by atoms with Gasteiger partial charge in [-0.15, -0.1) is 11.3 Å². The van der Waals surface area contributed by atoms with Crippen molar-refractivity contribution in [2.75, 3.05) is 7.11 Å². The molecule has 1 N–H and O–H groups in total. The number of rotatable bonds is 4. The number of methoxy groups -OCH3 is 1. The van der Waals surface area contributed by atoms with Crippen molar-refractivity contribution in [1.82, 2.24) is 10.3 Å². The number of nitrogens with one attached hydrogen (secondary N) is 1. The molecule has 1 amide bonds. The molecule has 70 valence electrons. The Morgan fingerprint density at radius 2 is 2.62 bits per heavy atom. The van der Waals surface area contributed by atoms with Gasteiger partial charge in [0.15, 0.2) is 5.69 Å². The molecule has 0 unspecified atom stereocenters. The maximum atomic E-state index is 10.9. The van der Waals surface area contributed by atoms with Crippen molar-refractivity contribution < 1.29 is 14.3 Å². The largest absolute Gasteiger partial charge is 0.464 e. The van der Waals surface area contributed by atoms with Gasteiger partial charge in [-0.25, -0.2) is 9.78 Å². The number of thiazole rings is 1. The molecular weight excluding hydrogens is 192 g/mol. The van der Waals surface area contributed by atoms with Gasteiger partial charge in [0.2, 0.25) is 6.41 Å². The Labute approximate surface area is 78.7 Å². The van der Waals surface area contributed by atoms with Crippen LogP contribution in [0.2, 0.25) is 0 Å². The molecule has 1 heterocycles. The summed E-state index contributed by atoms with van der Waals surface area (Å²) >= 11 is 1.30. The van der Waals surface area contributed by atoms with E-state index < -0.39 is 5.97 Å². The fourth-order valence-electron chi connectivity index (χ4n) is 0.719. The van der Waals surface area contributed by atoms with Crippen LogP contribution < -0.4 is 5.32 Å². The minimum Gasteiger partial charge on any atom is -0.464 e. The molecule has 0 bridgehead atoms. The molecule has 1 aromatic rings. The van der Waals surface area contributed by atoms with E-state index in [1.54, 1.807) is 5.38 Å². The van der Waals surface area contributed by atoms with Gasteiger partial charge in [0, 0.05) is 5.38 Å². The third-order valence-electron chi connectivity index (χ3n) is 1.28. The summed E-state index contributed by atoms with van der Waals surface area (Å²) < 4.78 is 4.47. The van der Waals surface area contributed by atoms with Crippen molar-refractivity contribution in [1.29, 1.82) is 0 Å². The van der Waals surface area contributed by atoms with E-state index in [1.165, 1.54) is 18.4 Å². The zero-order valence-electron chi connectivity index (χ0n) is 6.94. The van der Waals surface area contributed by atoms with Gasteiger partial charge < -0.3 is 10.1 Å². The highest BCUT2D eigenvalue weighted by molar-refractivity contribution is 7.09. The van der Waals surface area contributed by atoms with Gasteiger partial charge >= 0.3 is 5.97 Å². The van der Waals surface area contributed by atoms with E-state index >= 15 is 0 Å². The number of carbonyl (C=O) groups is 2. The number of nitrogens with zero attached hydrogens (tertiary/aromatic N) is 1. The first-order valence-corrected chi connectivity index (χ1v) is 4.35. The van der Waals surface area contributed by atoms with Crippen LogP contribution in [0.15, 0.2) is 5.38 Å². The SMILES string of the molecule is COC(=O)c1csc(CNC=O)n1. The predicted octanol–water partition coefficient (Wildman–Crippen LogP) is 0.176. The van der Waals surface area contributed by atoms with Crippen molar-refractivity contribution in [2.24, 2.45) is 0 Å². The number of aromatic nitrogens is 1. The molecule has 0 spiro atoms. The Morgan fingerprint density at radius 1 is 1.85 bits per heavy atom. The van der Waals surface area contributed by atoms with Gasteiger partial charge in [0.05, 0.1) is 13.7 Å². The molecule has 0 aliphatic rings. The molecule has 5 nitrogen and oxygen atoms in total. The molecule has 1 rings (SSSR count). The Balaban J connectivity index is 2.63. The highest BCUT2D eigenvalue weighted by Crippen LogP contribution is 2.09. The summed E-state index contributed by atoms with van der Waals surface area (Å²) in [5.74, 6) is -0.464. The average molecular weight is 200 g/mol. The second-order valence-corrected chi connectivity index (χ2v) is 3.06. The molecule has 0 saturated carbocycles. The Hall–Kier alpha value is -1.43. The van der Waals surface area contributed by atoms with Crippen molar-refractivity contribution >= 4 is 23.7 Å². The maximum absolute atomic E-state index is 10.9. The first kappa shape index (κ1) is 9.66. The predicted molar refractivity (Wildman–Crippen MR) is 46.4 cm³/mol. The van der Waals surface area contributed by atoms with Crippen molar-refractivity contribution in [2.45, 2.75) is 6.54 Å².